The summed E-state index contributed by atoms with van der Waals surface area (Å²) in [6.45, 7) is 6.71. The van der Waals surface area contributed by atoms with Crippen molar-refractivity contribution in [2.24, 2.45) is 5.92 Å². The molecule has 0 spiro atoms. The Morgan fingerprint density at radius 1 is 1.40 bits per heavy atom. The van der Waals surface area contributed by atoms with Gasteiger partial charge in [-0.15, -0.1) is 12.3 Å². The minimum Gasteiger partial charge on any atom is -0.444 e. The van der Waals surface area contributed by atoms with Crippen molar-refractivity contribution in [1.82, 2.24) is 9.88 Å². The van der Waals surface area contributed by atoms with E-state index in [4.69, 9.17) is 11.2 Å². The predicted octanol–water partition coefficient (Wildman–Crippen LogP) is 2.67. The largest absolute Gasteiger partial charge is 0.444 e. The zero-order valence-corrected chi connectivity index (χ0v) is 12.2. The number of amides is 1. The van der Waals surface area contributed by atoms with Crippen LogP contribution in [0.5, 0.6) is 0 Å². The zero-order valence-electron chi connectivity index (χ0n) is 12.2. The summed E-state index contributed by atoms with van der Waals surface area (Å²) < 4.78 is 5.40. The average Bonchev–Trinajstić information content (AvgIpc) is 2.82. The SMILES string of the molecule is C#C[C@@H]1CN(C(=O)OC(C)(C)C)C[C@H]1c1ccncc1. The maximum atomic E-state index is 12.1. The first-order valence-corrected chi connectivity index (χ1v) is 6.74. The van der Waals surface area contributed by atoms with Crippen LogP contribution in [0.4, 0.5) is 4.79 Å². The number of likely N-dealkylation sites (tertiary alicyclic amines) is 1. The summed E-state index contributed by atoms with van der Waals surface area (Å²) in [6, 6.07) is 3.90. The quantitative estimate of drug-likeness (QED) is 0.738. The van der Waals surface area contributed by atoms with Gasteiger partial charge in [-0.2, -0.15) is 0 Å². The van der Waals surface area contributed by atoms with E-state index in [1.807, 2.05) is 32.9 Å². The molecule has 1 saturated heterocycles. The molecule has 2 heterocycles. The topological polar surface area (TPSA) is 42.4 Å². The number of pyridine rings is 1. The standard InChI is InChI=1S/C16H20N2O2/c1-5-12-10-18(15(19)20-16(2,3)4)11-14(12)13-6-8-17-9-7-13/h1,6-9,12,14H,10-11H2,2-4H3/t12-,14-/m1/s1. The first-order valence-electron chi connectivity index (χ1n) is 6.74. The molecule has 2 atom stereocenters. The van der Waals surface area contributed by atoms with Gasteiger partial charge in [0.05, 0.1) is 0 Å². The van der Waals surface area contributed by atoms with E-state index in [9.17, 15) is 4.79 Å². The van der Waals surface area contributed by atoms with Gasteiger partial charge in [-0.3, -0.25) is 4.98 Å². The number of carbonyl (C=O) groups excluding carboxylic acids is 1. The summed E-state index contributed by atoms with van der Waals surface area (Å²) in [4.78, 5) is 17.8. The highest BCUT2D eigenvalue weighted by molar-refractivity contribution is 5.69. The molecule has 1 fully saturated rings. The fourth-order valence-corrected chi connectivity index (χ4v) is 2.40. The van der Waals surface area contributed by atoms with Crippen molar-refractivity contribution in [2.45, 2.75) is 32.3 Å². The first-order chi connectivity index (χ1) is 9.40. The number of aromatic nitrogens is 1. The summed E-state index contributed by atoms with van der Waals surface area (Å²) in [5.74, 6) is 2.96. The van der Waals surface area contributed by atoms with E-state index in [1.165, 1.54) is 0 Å². The molecular formula is C16H20N2O2. The van der Waals surface area contributed by atoms with Gasteiger partial charge in [0.15, 0.2) is 0 Å². The zero-order chi connectivity index (χ0) is 14.8. The molecule has 106 valence electrons. The highest BCUT2D eigenvalue weighted by Gasteiger charge is 2.36. The van der Waals surface area contributed by atoms with Crippen molar-refractivity contribution in [3.63, 3.8) is 0 Å². The van der Waals surface area contributed by atoms with Crippen LogP contribution in [-0.2, 0) is 4.74 Å². The fourth-order valence-electron chi connectivity index (χ4n) is 2.40. The molecule has 0 unspecified atom stereocenters. The number of hydrogen-bond acceptors (Lipinski definition) is 3. The molecule has 0 radical (unpaired) electrons. The van der Waals surface area contributed by atoms with Crippen molar-refractivity contribution in [3.05, 3.63) is 30.1 Å². The molecule has 1 aromatic heterocycles. The van der Waals surface area contributed by atoms with Crippen LogP contribution in [0.2, 0.25) is 0 Å². The monoisotopic (exact) mass is 272 g/mol. The predicted molar refractivity (Wildman–Crippen MR) is 77.1 cm³/mol. The summed E-state index contributed by atoms with van der Waals surface area (Å²) in [5, 5.41) is 0. The van der Waals surface area contributed by atoms with Gasteiger partial charge in [0.25, 0.3) is 0 Å². The Morgan fingerprint density at radius 2 is 2.05 bits per heavy atom. The van der Waals surface area contributed by atoms with Crippen LogP contribution in [0.3, 0.4) is 0 Å². The molecule has 0 saturated carbocycles. The van der Waals surface area contributed by atoms with Gasteiger partial charge in [-0.05, 0) is 38.5 Å². The lowest BCUT2D eigenvalue weighted by molar-refractivity contribution is 0.0289. The van der Waals surface area contributed by atoms with Crippen molar-refractivity contribution in [1.29, 1.82) is 0 Å². The van der Waals surface area contributed by atoms with E-state index in [0.29, 0.717) is 13.1 Å². The Labute approximate surface area is 120 Å². The van der Waals surface area contributed by atoms with E-state index < -0.39 is 5.60 Å². The minimum atomic E-state index is -0.489. The van der Waals surface area contributed by atoms with Crippen LogP contribution in [-0.4, -0.2) is 34.7 Å². The van der Waals surface area contributed by atoms with E-state index in [0.717, 1.165) is 5.56 Å². The third-order valence-electron chi connectivity index (χ3n) is 3.32. The maximum Gasteiger partial charge on any atom is 0.410 e. The van der Waals surface area contributed by atoms with Gasteiger partial charge in [0.2, 0.25) is 0 Å². The van der Waals surface area contributed by atoms with E-state index in [2.05, 4.69) is 10.9 Å². The lowest BCUT2D eigenvalue weighted by Gasteiger charge is -2.24. The molecule has 1 aliphatic rings. The third kappa shape index (κ3) is 3.30. The summed E-state index contributed by atoms with van der Waals surface area (Å²) >= 11 is 0. The van der Waals surface area contributed by atoms with Crippen molar-refractivity contribution in [3.8, 4) is 12.3 Å². The van der Waals surface area contributed by atoms with Crippen LogP contribution >= 0.6 is 0 Å². The molecule has 20 heavy (non-hydrogen) atoms. The molecule has 2 rings (SSSR count). The Balaban J connectivity index is 2.11. The van der Waals surface area contributed by atoms with Crippen LogP contribution < -0.4 is 0 Å². The molecule has 4 nitrogen and oxygen atoms in total. The number of nitrogens with zero attached hydrogens (tertiary/aromatic N) is 2. The number of carbonyl (C=O) groups is 1. The number of hydrogen-bond donors (Lipinski definition) is 0. The smallest absolute Gasteiger partial charge is 0.410 e. The molecule has 0 bridgehead atoms. The summed E-state index contributed by atoms with van der Waals surface area (Å²) in [7, 11) is 0. The summed E-state index contributed by atoms with van der Waals surface area (Å²) in [5.41, 5.74) is 0.631. The normalized spacial score (nSPS) is 22.4. The van der Waals surface area contributed by atoms with Crippen LogP contribution in [0.25, 0.3) is 0 Å². The second kappa shape index (κ2) is 5.54. The highest BCUT2D eigenvalue weighted by Crippen LogP contribution is 2.32. The molecule has 4 heteroatoms. The fraction of sp³-hybridized carbons (Fsp3) is 0.500. The van der Waals surface area contributed by atoms with Crippen LogP contribution in [0.15, 0.2) is 24.5 Å². The second-order valence-electron chi connectivity index (χ2n) is 6.05. The summed E-state index contributed by atoms with van der Waals surface area (Å²) in [6.07, 6.45) is 8.81. The molecule has 0 N–H and O–H groups in total. The maximum absolute atomic E-state index is 12.1. The van der Waals surface area contributed by atoms with E-state index in [-0.39, 0.29) is 17.9 Å². The van der Waals surface area contributed by atoms with Crippen LogP contribution in [0.1, 0.15) is 32.3 Å². The van der Waals surface area contributed by atoms with Gasteiger partial charge >= 0.3 is 6.09 Å². The number of rotatable bonds is 1. The highest BCUT2D eigenvalue weighted by atomic mass is 16.6. The molecule has 0 aliphatic carbocycles. The van der Waals surface area contributed by atoms with Gasteiger partial charge in [0, 0.05) is 37.3 Å². The second-order valence-corrected chi connectivity index (χ2v) is 6.05. The molecule has 1 aliphatic heterocycles. The molecular weight excluding hydrogens is 252 g/mol. The van der Waals surface area contributed by atoms with E-state index >= 15 is 0 Å². The minimum absolute atomic E-state index is 0.0184. The first kappa shape index (κ1) is 14.4. The van der Waals surface area contributed by atoms with Gasteiger partial charge in [-0.1, -0.05) is 0 Å². The van der Waals surface area contributed by atoms with Gasteiger partial charge < -0.3 is 9.64 Å². The lowest BCUT2D eigenvalue weighted by atomic mass is 9.90. The Kier molecular flexibility index (Phi) is 3.99. The van der Waals surface area contributed by atoms with Crippen LogP contribution in [0, 0.1) is 18.3 Å². The third-order valence-corrected chi connectivity index (χ3v) is 3.32. The van der Waals surface area contributed by atoms with Crippen molar-refractivity contribution >= 4 is 6.09 Å². The van der Waals surface area contributed by atoms with Crippen molar-refractivity contribution in [2.75, 3.05) is 13.1 Å². The Morgan fingerprint density at radius 3 is 2.60 bits per heavy atom. The van der Waals surface area contributed by atoms with Gasteiger partial charge in [0.1, 0.15) is 5.60 Å². The Bertz CT molecular complexity index is 514. The van der Waals surface area contributed by atoms with Gasteiger partial charge in [-0.25, -0.2) is 4.79 Å². The number of ether oxygens (including phenoxy) is 1. The Hall–Kier alpha value is -2.02. The van der Waals surface area contributed by atoms with Crippen molar-refractivity contribution < 1.29 is 9.53 Å². The lowest BCUT2D eigenvalue weighted by Crippen LogP contribution is -2.35. The van der Waals surface area contributed by atoms with E-state index in [1.54, 1.807) is 17.3 Å². The molecule has 1 aromatic rings. The molecule has 1 amide bonds. The number of terminal acetylenes is 1. The molecule has 0 aromatic carbocycles. The average molecular weight is 272 g/mol.